The molecule has 1 aromatic carbocycles. The summed E-state index contributed by atoms with van der Waals surface area (Å²) < 4.78 is 18.3. The number of methoxy groups -OCH3 is 1. The molecule has 0 atom stereocenters. The molecule has 0 spiro atoms. The summed E-state index contributed by atoms with van der Waals surface area (Å²) in [6, 6.07) is 6.47. The molecule has 1 aliphatic heterocycles. The van der Waals surface area contributed by atoms with Crippen LogP contribution < -0.4 is 26.1 Å². The van der Waals surface area contributed by atoms with Gasteiger partial charge in [0.15, 0.2) is 11.5 Å². The number of aromatic nitrogens is 3. The van der Waals surface area contributed by atoms with Gasteiger partial charge in [-0.05, 0) is 37.6 Å². The fourth-order valence-corrected chi connectivity index (χ4v) is 3.94. The molecular weight excluding hydrogens is 452 g/mol. The van der Waals surface area contributed by atoms with Gasteiger partial charge in [-0.15, -0.1) is 0 Å². The number of amides is 1. The van der Waals surface area contributed by atoms with Crippen molar-refractivity contribution in [3.8, 4) is 11.5 Å². The molecule has 3 aromatic rings. The third-order valence-corrected chi connectivity index (χ3v) is 5.79. The van der Waals surface area contributed by atoms with Crippen molar-refractivity contribution in [2.75, 3.05) is 57.6 Å². The summed E-state index contributed by atoms with van der Waals surface area (Å²) in [5.74, 6) is 0.417. The Morgan fingerprint density at radius 1 is 1.23 bits per heavy atom. The highest BCUT2D eigenvalue weighted by molar-refractivity contribution is 6.02. The summed E-state index contributed by atoms with van der Waals surface area (Å²) >= 11 is 0. The molecule has 0 bridgehead atoms. The summed E-state index contributed by atoms with van der Waals surface area (Å²) in [6.07, 6.45) is 2.23. The number of nitrogen functional groups attached to an aromatic ring is 1. The van der Waals surface area contributed by atoms with E-state index >= 15 is 0 Å². The molecule has 11 heteroatoms. The zero-order valence-electron chi connectivity index (χ0n) is 20.0. The number of nitrogens with zero attached hydrogens (tertiary/aromatic N) is 4. The zero-order valence-corrected chi connectivity index (χ0v) is 20.0. The van der Waals surface area contributed by atoms with Crippen LogP contribution in [0, 0.1) is 0 Å². The van der Waals surface area contributed by atoms with Crippen LogP contribution in [0.3, 0.4) is 0 Å². The monoisotopic (exact) mass is 482 g/mol. The number of morpholine rings is 1. The van der Waals surface area contributed by atoms with Gasteiger partial charge in [-0.2, -0.15) is 0 Å². The summed E-state index contributed by atoms with van der Waals surface area (Å²) in [5.41, 5.74) is 6.26. The van der Waals surface area contributed by atoms with Crippen LogP contribution in [-0.4, -0.2) is 71.9 Å². The highest BCUT2D eigenvalue weighted by atomic mass is 16.5. The van der Waals surface area contributed by atoms with Crippen LogP contribution in [0.2, 0.25) is 0 Å². The largest absolute Gasteiger partial charge is 0.491 e. The van der Waals surface area contributed by atoms with Crippen LogP contribution in [0.25, 0.3) is 10.9 Å². The molecule has 3 heterocycles. The van der Waals surface area contributed by atoms with Gasteiger partial charge in [-0.1, -0.05) is 0 Å². The molecule has 1 fully saturated rings. The van der Waals surface area contributed by atoms with Crippen molar-refractivity contribution < 1.29 is 19.0 Å². The lowest BCUT2D eigenvalue weighted by Crippen LogP contribution is -2.37. The number of carbonyl (C=O) groups excluding carboxylic acids is 1. The molecule has 2 aromatic heterocycles. The van der Waals surface area contributed by atoms with E-state index < -0.39 is 5.91 Å². The maximum Gasteiger partial charge on any atom is 0.276 e. The van der Waals surface area contributed by atoms with Crippen molar-refractivity contribution in [1.82, 2.24) is 19.4 Å². The van der Waals surface area contributed by atoms with Crippen molar-refractivity contribution in [3.05, 3.63) is 46.5 Å². The van der Waals surface area contributed by atoms with Crippen molar-refractivity contribution in [2.45, 2.75) is 19.9 Å². The van der Waals surface area contributed by atoms with Crippen molar-refractivity contribution in [2.24, 2.45) is 0 Å². The molecular formula is C24H30N6O5. The first-order chi connectivity index (χ1) is 17.0. The predicted molar refractivity (Wildman–Crippen MR) is 132 cm³/mol. The lowest BCUT2D eigenvalue weighted by Gasteiger charge is -2.26. The Bertz CT molecular complexity index is 1240. The predicted octanol–water partition coefficient (Wildman–Crippen LogP) is 1.76. The molecule has 186 valence electrons. The molecule has 11 nitrogen and oxygen atoms in total. The van der Waals surface area contributed by atoms with Crippen molar-refractivity contribution in [1.29, 1.82) is 0 Å². The summed E-state index contributed by atoms with van der Waals surface area (Å²) in [6.45, 7) is 6.87. The third-order valence-electron chi connectivity index (χ3n) is 5.79. The van der Waals surface area contributed by atoms with Crippen molar-refractivity contribution in [3.63, 3.8) is 0 Å². The third kappa shape index (κ3) is 5.52. The second-order valence-corrected chi connectivity index (χ2v) is 8.06. The Kier molecular flexibility index (Phi) is 7.78. The Balaban J connectivity index is 1.58. The lowest BCUT2D eigenvalue weighted by molar-refractivity contribution is 0.0357. The SMILES string of the molecule is CCn1c(NC(=O)c2ccc(N)cn2)nc2c(OC)c(OCCCN3CCOCC3)ccc2c1=O. The minimum atomic E-state index is -0.507. The Morgan fingerprint density at radius 3 is 2.71 bits per heavy atom. The molecule has 0 unspecified atom stereocenters. The topological polar surface area (TPSA) is 134 Å². The molecule has 1 aliphatic rings. The van der Waals surface area contributed by atoms with E-state index in [0.29, 0.717) is 41.2 Å². The van der Waals surface area contributed by atoms with E-state index in [1.165, 1.54) is 23.9 Å². The quantitative estimate of drug-likeness (QED) is 0.438. The molecule has 0 aliphatic carbocycles. The van der Waals surface area contributed by atoms with Crippen molar-refractivity contribution >= 4 is 28.4 Å². The minimum Gasteiger partial charge on any atom is -0.491 e. The Morgan fingerprint density at radius 2 is 2.03 bits per heavy atom. The molecule has 4 rings (SSSR count). The Hall–Kier alpha value is -3.70. The van der Waals surface area contributed by atoms with Crippen LogP contribution >= 0.6 is 0 Å². The number of fused-ring (bicyclic) bond motifs is 1. The number of pyridine rings is 1. The summed E-state index contributed by atoms with van der Waals surface area (Å²) in [7, 11) is 1.50. The van der Waals surface area contributed by atoms with E-state index in [0.717, 1.165) is 39.3 Å². The number of benzene rings is 1. The van der Waals surface area contributed by atoms with E-state index in [9.17, 15) is 9.59 Å². The first-order valence-corrected chi connectivity index (χ1v) is 11.6. The number of carbonyl (C=O) groups is 1. The fraction of sp³-hybridized carbons (Fsp3) is 0.417. The van der Waals surface area contributed by atoms with E-state index in [2.05, 4.69) is 20.2 Å². The first kappa shape index (κ1) is 24.4. The average molecular weight is 483 g/mol. The number of ether oxygens (including phenoxy) is 3. The maximum absolute atomic E-state index is 13.2. The number of nitrogens with one attached hydrogen (secondary N) is 1. The van der Waals surface area contributed by atoms with Gasteiger partial charge in [0.1, 0.15) is 11.2 Å². The molecule has 1 saturated heterocycles. The molecule has 0 saturated carbocycles. The van der Waals surface area contributed by atoms with E-state index in [-0.39, 0.29) is 17.2 Å². The normalized spacial score (nSPS) is 14.1. The Labute approximate surface area is 202 Å². The molecule has 1 amide bonds. The lowest BCUT2D eigenvalue weighted by atomic mass is 10.2. The second kappa shape index (κ2) is 11.2. The molecule has 0 radical (unpaired) electrons. The number of hydrogen-bond donors (Lipinski definition) is 2. The van der Waals surface area contributed by atoms with Gasteiger partial charge in [0.05, 0.1) is 44.2 Å². The minimum absolute atomic E-state index is 0.0939. The van der Waals surface area contributed by atoms with E-state index in [1.54, 1.807) is 25.1 Å². The van der Waals surface area contributed by atoms with E-state index in [4.69, 9.17) is 19.9 Å². The molecule has 3 N–H and O–H groups in total. The number of rotatable bonds is 9. The highest BCUT2D eigenvalue weighted by Gasteiger charge is 2.19. The van der Waals surface area contributed by atoms with Gasteiger partial charge in [-0.25, -0.2) is 9.97 Å². The average Bonchev–Trinajstić information content (AvgIpc) is 2.87. The van der Waals surface area contributed by atoms with Crippen LogP contribution in [0.15, 0.2) is 35.3 Å². The summed E-state index contributed by atoms with van der Waals surface area (Å²) in [5, 5.41) is 3.06. The number of hydrogen-bond acceptors (Lipinski definition) is 9. The van der Waals surface area contributed by atoms with Gasteiger partial charge in [-0.3, -0.25) is 24.4 Å². The number of nitrogens with two attached hydrogens (primary N) is 1. The van der Waals surface area contributed by atoms with Gasteiger partial charge in [0.2, 0.25) is 5.95 Å². The summed E-state index contributed by atoms with van der Waals surface area (Å²) in [4.78, 5) is 36.9. The zero-order chi connectivity index (χ0) is 24.8. The maximum atomic E-state index is 13.2. The van der Waals surface area contributed by atoms with E-state index in [1.807, 2.05) is 0 Å². The van der Waals surface area contributed by atoms with Gasteiger partial charge >= 0.3 is 0 Å². The van der Waals surface area contributed by atoms with Gasteiger partial charge < -0.3 is 19.9 Å². The molecule has 35 heavy (non-hydrogen) atoms. The smallest absolute Gasteiger partial charge is 0.276 e. The highest BCUT2D eigenvalue weighted by Crippen LogP contribution is 2.34. The van der Waals surface area contributed by atoms with Gasteiger partial charge in [0.25, 0.3) is 11.5 Å². The van der Waals surface area contributed by atoms with Crippen LogP contribution in [0.5, 0.6) is 11.5 Å². The van der Waals surface area contributed by atoms with Gasteiger partial charge in [0, 0.05) is 26.2 Å². The first-order valence-electron chi connectivity index (χ1n) is 11.6. The second-order valence-electron chi connectivity index (χ2n) is 8.06. The van der Waals surface area contributed by atoms with Crippen LogP contribution in [0.4, 0.5) is 11.6 Å². The fourth-order valence-electron chi connectivity index (χ4n) is 3.94. The van der Waals surface area contributed by atoms with Crippen LogP contribution in [0.1, 0.15) is 23.8 Å². The number of anilines is 2. The van der Waals surface area contributed by atoms with Crippen LogP contribution in [-0.2, 0) is 11.3 Å². The standard InChI is InChI=1S/C24H30N6O5/c1-3-30-23(32)17-6-8-19(35-12-4-9-29-10-13-34-14-11-29)21(33-2)20(17)27-24(30)28-22(31)18-7-5-16(25)15-26-18/h5-8,15H,3-4,9-14,25H2,1-2H3,(H,27,28,31).